The Morgan fingerprint density at radius 2 is 1.50 bits per heavy atom. The molecular formula is C25H26N6O8S. The molecule has 0 saturated carbocycles. The molecule has 1 aliphatic heterocycles. The van der Waals surface area contributed by atoms with E-state index in [0.717, 1.165) is 37.5 Å². The van der Waals surface area contributed by atoms with Crippen LogP contribution < -0.4 is 25.0 Å². The lowest BCUT2D eigenvalue weighted by atomic mass is 10.1. The van der Waals surface area contributed by atoms with Crippen LogP contribution >= 0.6 is 0 Å². The maximum absolute atomic E-state index is 13.6. The van der Waals surface area contributed by atoms with E-state index in [1.54, 1.807) is 30.3 Å². The SMILES string of the molecule is COc1ccccc1NS(=O)(=O)c1cc(NC(=O)Nc2cc([N+](=O)[O-])cc([N+](=O)[O-])c2)ccc1N1CCCCC1. The number of ether oxygens (including phenoxy) is 1. The molecule has 1 aliphatic rings. The molecular weight excluding hydrogens is 544 g/mol. The predicted molar refractivity (Wildman–Crippen MR) is 149 cm³/mol. The minimum atomic E-state index is -4.17. The molecule has 0 radical (unpaired) electrons. The normalized spacial score (nSPS) is 13.3. The van der Waals surface area contributed by atoms with Crippen molar-refractivity contribution in [3.8, 4) is 5.75 Å². The molecule has 3 aromatic rings. The standard InChI is InChI=1S/C25H26N6O8S/c1-39-23-8-4-3-7-21(23)28-40(37,38)24-15-17(9-10-22(24)29-11-5-2-6-12-29)26-25(32)27-18-13-19(30(33)34)16-20(14-18)31(35)36/h3-4,7-10,13-16,28H,2,5-6,11-12H2,1H3,(H2,26,27,32). The molecule has 0 atom stereocenters. The van der Waals surface area contributed by atoms with E-state index in [-0.39, 0.29) is 22.0 Å². The second-order valence-corrected chi connectivity index (χ2v) is 10.5. The summed E-state index contributed by atoms with van der Waals surface area (Å²) in [4.78, 5) is 35.3. The van der Waals surface area contributed by atoms with Crippen molar-refractivity contribution < 1.29 is 27.8 Å². The van der Waals surface area contributed by atoms with Gasteiger partial charge in [0.25, 0.3) is 21.4 Å². The van der Waals surface area contributed by atoms with Gasteiger partial charge in [-0.15, -0.1) is 0 Å². The van der Waals surface area contributed by atoms with Crippen LogP contribution in [0.25, 0.3) is 0 Å². The van der Waals surface area contributed by atoms with Gasteiger partial charge < -0.3 is 20.3 Å². The van der Waals surface area contributed by atoms with Crippen molar-refractivity contribution in [2.45, 2.75) is 24.2 Å². The zero-order valence-electron chi connectivity index (χ0n) is 21.3. The van der Waals surface area contributed by atoms with Crippen LogP contribution in [-0.2, 0) is 10.0 Å². The third-order valence-corrected chi connectivity index (χ3v) is 7.53. The Morgan fingerprint density at radius 1 is 0.875 bits per heavy atom. The fourth-order valence-corrected chi connectivity index (χ4v) is 5.63. The quantitative estimate of drug-likeness (QED) is 0.236. The van der Waals surface area contributed by atoms with E-state index in [1.165, 1.54) is 19.2 Å². The third-order valence-electron chi connectivity index (χ3n) is 6.14. The monoisotopic (exact) mass is 570 g/mol. The van der Waals surface area contributed by atoms with Crippen molar-refractivity contribution in [1.82, 2.24) is 0 Å². The van der Waals surface area contributed by atoms with Crippen LogP contribution in [0.2, 0.25) is 0 Å². The van der Waals surface area contributed by atoms with Gasteiger partial charge >= 0.3 is 6.03 Å². The first-order valence-corrected chi connectivity index (χ1v) is 13.6. The first kappa shape index (κ1) is 28.1. The Hall–Kier alpha value is -4.92. The first-order chi connectivity index (χ1) is 19.1. The number of hydrogen-bond donors (Lipinski definition) is 3. The van der Waals surface area contributed by atoms with Crippen molar-refractivity contribution in [3.63, 3.8) is 0 Å². The number of carbonyl (C=O) groups is 1. The molecule has 0 aromatic heterocycles. The Kier molecular flexibility index (Phi) is 8.33. The number of nitro benzene ring substituents is 2. The number of urea groups is 1. The molecule has 210 valence electrons. The summed E-state index contributed by atoms with van der Waals surface area (Å²) >= 11 is 0. The van der Waals surface area contributed by atoms with Crippen LogP contribution in [0.4, 0.5) is 38.9 Å². The van der Waals surface area contributed by atoms with Crippen molar-refractivity contribution in [1.29, 1.82) is 0 Å². The van der Waals surface area contributed by atoms with Crippen LogP contribution in [0.5, 0.6) is 5.75 Å². The Bertz CT molecular complexity index is 1520. The molecule has 0 bridgehead atoms. The zero-order chi connectivity index (χ0) is 28.9. The van der Waals surface area contributed by atoms with Crippen molar-refractivity contribution in [2.24, 2.45) is 0 Å². The van der Waals surface area contributed by atoms with Crippen molar-refractivity contribution in [2.75, 3.05) is 40.5 Å². The minimum absolute atomic E-state index is 0.0795. The van der Waals surface area contributed by atoms with Gasteiger partial charge in [-0.1, -0.05) is 12.1 Å². The maximum atomic E-state index is 13.6. The summed E-state index contributed by atoms with van der Waals surface area (Å²) in [5, 5.41) is 27.1. The number of nitrogens with one attached hydrogen (secondary N) is 3. The number of non-ortho nitro benzene ring substituents is 2. The van der Waals surface area contributed by atoms with Gasteiger partial charge in [0.15, 0.2) is 0 Å². The molecule has 3 aromatic carbocycles. The molecule has 1 fully saturated rings. The molecule has 3 N–H and O–H groups in total. The number of methoxy groups -OCH3 is 1. The number of sulfonamides is 1. The molecule has 40 heavy (non-hydrogen) atoms. The number of amides is 2. The molecule has 0 aliphatic carbocycles. The largest absolute Gasteiger partial charge is 0.495 e. The lowest BCUT2D eigenvalue weighted by Gasteiger charge is -2.30. The molecule has 1 heterocycles. The minimum Gasteiger partial charge on any atom is -0.495 e. The predicted octanol–water partition coefficient (Wildman–Crippen LogP) is 4.95. The third kappa shape index (κ3) is 6.55. The average molecular weight is 571 g/mol. The Labute approximate surface area is 229 Å². The van der Waals surface area contributed by atoms with Crippen LogP contribution in [0, 0.1) is 20.2 Å². The van der Waals surface area contributed by atoms with Crippen LogP contribution in [0.15, 0.2) is 65.6 Å². The van der Waals surface area contributed by atoms with Crippen LogP contribution in [0.1, 0.15) is 19.3 Å². The second kappa shape index (κ2) is 11.9. The second-order valence-electron chi connectivity index (χ2n) is 8.87. The van der Waals surface area contributed by atoms with Gasteiger partial charge in [0.05, 0.1) is 40.1 Å². The molecule has 4 rings (SSSR count). The summed E-state index contributed by atoms with van der Waals surface area (Å²) in [6, 6.07) is 12.8. The molecule has 14 nitrogen and oxygen atoms in total. The lowest BCUT2D eigenvalue weighted by Crippen LogP contribution is -2.31. The average Bonchev–Trinajstić information content (AvgIpc) is 2.93. The maximum Gasteiger partial charge on any atom is 0.323 e. The summed E-state index contributed by atoms with van der Waals surface area (Å²) < 4.78 is 35.0. The highest BCUT2D eigenvalue weighted by Crippen LogP contribution is 2.34. The van der Waals surface area contributed by atoms with Gasteiger partial charge in [0.1, 0.15) is 10.6 Å². The molecule has 2 amide bonds. The van der Waals surface area contributed by atoms with Gasteiger partial charge in [-0.2, -0.15) is 0 Å². The van der Waals surface area contributed by atoms with Crippen LogP contribution in [0.3, 0.4) is 0 Å². The number of piperidine rings is 1. The van der Waals surface area contributed by atoms with E-state index in [4.69, 9.17) is 4.74 Å². The number of hydrogen-bond acceptors (Lipinski definition) is 9. The van der Waals surface area contributed by atoms with Gasteiger partial charge in [-0.25, -0.2) is 13.2 Å². The lowest BCUT2D eigenvalue weighted by molar-refractivity contribution is -0.394. The number of nitro groups is 2. The summed E-state index contributed by atoms with van der Waals surface area (Å²) in [5.41, 5.74) is -0.537. The summed E-state index contributed by atoms with van der Waals surface area (Å²) in [5.74, 6) is 0.324. The smallest absolute Gasteiger partial charge is 0.323 e. The van der Waals surface area contributed by atoms with Gasteiger partial charge in [-0.3, -0.25) is 25.0 Å². The molecule has 0 unspecified atom stereocenters. The highest BCUT2D eigenvalue weighted by atomic mass is 32.2. The number of benzene rings is 3. The van der Waals surface area contributed by atoms with E-state index in [9.17, 15) is 33.4 Å². The number of nitrogens with zero attached hydrogens (tertiary/aromatic N) is 3. The van der Waals surface area contributed by atoms with Crippen molar-refractivity contribution in [3.05, 3.63) is 80.9 Å². The summed E-state index contributed by atoms with van der Waals surface area (Å²) in [6.45, 7) is 1.33. The van der Waals surface area contributed by atoms with E-state index >= 15 is 0 Å². The Morgan fingerprint density at radius 3 is 2.12 bits per heavy atom. The van der Waals surface area contributed by atoms with E-state index in [2.05, 4.69) is 15.4 Å². The number of anilines is 4. The van der Waals surface area contributed by atoms with Gasteiger partial charge in [-0.05, 0) is 49.6 Å². The summed E-state index contributed by atoms with van der Waals surface area (Å²) in [6.07, 6.45) is 2.84. The van der Waals surface area contributed by atoms with Gasteiger partial charge in [0.2, 0.25) is 0 Å². The van der Waals surface area contributed by atoms with E-state index < -0.39 is 37.3 Å². The number of rotatable bonds is 9. The molecule has 15 heteroatoms. The number of carbonyl (C=O) groups excluding carboxylic acids is 1. The zero-order valence-corrected chi connectivity index (χ0v) is 22.1. The van der Waals surface area contributed by atoms with Crippen molar-refractivity contribution >= 4 is 50.2 Å². The molecule has 1 saturated heterocycles. The molecule has 0 spiro atoms. The number of para-hydroxylation sites is 2. The topological polar surface area (TPSA) is 186 Å². The van der Waals surface area contributed by atoms with Crippen LogP contribution in [-0.4, -0.2) is 44.5 Å². The highest BCUT2D eigenvalue weighted by Gasteiger charge is 2.25. The first-order valence-electron chi connectivity index (χ1n) is 12.1. The fourth-order valence-electron chi connectivity index (χ4n) is 4.30. The van der Waals surface area contributed by atoms with E-state index in [0.29, 0.717) is 24.5 Å². The highest BCUT2D eigenvalue weighted by molar-refractivity contribution is 7.93. The fraction of sp³-hybridized carbons (Fsp3) is 0.240. The van der Waals surface area contributed by atoms with Gasteiger partial charge in [0, 0.05) is 30.9 Å². The van der Waals surface area contributed by atoms with E-state index in [1.807, 2.05) is 4.90 Å². The Balaban J connectivity index is 1.64. The summed E-state index contributed by atoms with van der Waals surface area (Å²) in [7, 11) is -2.74.